The van der Waals surface area contributed by atoms with Crippen LogP contribution in [0.5, 0.6) is 11.5 Å². The van der Waals surface area contributed by atoms with Gasteiger partial charge in [-0.25, -0.2) is 0 Å². The van der Waals surface area contributed by atoms with Crippen molar-refractivity contribution in [1.82, 2.24) is 15.1 Å². The van der Waals surface area contributed by atoms with Crippen LogP contribution in [-0.4, -0.2) is 47.4 Å². The van der Waals surface area contributed by atoms with Crippen molar-refractivity contribution < 1.29 is 23.4 Å². The lowest BCUT2D eigenvalue weighted by atomic mass is 10.1. The number of methoxy groups -OCH3 is 1. The van der Waals surface area contributed by atoms with Gasteiger partial charge < -0.3 is 23.5 Å². The highest BCUT2D eigenvalue weighted by atomic mass is 16.5. The standard InChI is InChI=1S/C25H29N3O5/c1-30-22-10-9-17(13-23(22)33-16-19-6-4-12-32-19)14-28(15-18-5-3-11-31-18)25(29)24-20-7-2-8-21(20)26-27-24/h4,6,9-10,12-13,18H,2-3,5,7-8,11,14-16H2,1H3,(H,26,27). The Morgan fingerprint density at radius 2 is 2.18 bits per heavy atom. The number of furan rings is 1. The highest BCUT2D eigenvalue weighted by Gasteiger charge is 2.29. The lowest BCUT2D eigenvalue weighted by molar-refractivity contribution is 0.0502. The second-order valence-electron chi connectivity index (χ2n) is 8.56. The van der Waals surface area contributed by atoms with Crippen molar-refractivity contribution in [2.75, 3.05) is 20.3 Å². The smallest absolute Gasteiger partial charge is 0.275 e. The topological polar surface area (TPSA) is 89.8 Å². The van der Waals surface area contributed by atoms with Crippen molar-refractivity contribution >= 4 is 5.91 Å². The largest absolute Gasteiger partial charge is 0.493 e. The number of nitrogens with zero attached hydrogens (tertiary/aromatic N) is 2. The summed E-state index contributed by atoms with van der Waals surface area (Å²) in [5.74, 6) is 1.91. The van der Waals surface area contributed by atoms with Gasteiger partial charge in [-0.3, -0.25) is 9.89 Å². The van der Waals surface area contributed by atoms with E-state index in [1.54, 1.807) is 13.4 Å². The summed E-state index contributed by atoms with van der Waals surface area (Å²) in [6, 6.07) is 9.44. The van der Waals surface area contributed by atoms with Crippen LogP contribution in [0.4, 0.5) is 0 Å². The van der Waals surface area contributed by atoms with Gasteiger partial charge in [0.15, 0.2) is 17.2 Å². The number of nitrogens with one attached hydrogen (secondary N) is 1. The van der Waals surface area contributed by atoms with Gasteiger partial charge >= 0.3 is 0 Å². The number of aromatic amines is 1. The normalized spacial score (nSPS) is 17.2. The molecule has 0 spiro atoms. The van der Waals surface area contributed by atoms with Crippen LogP contribution in [0.15, 0.2) is 41.0 Å². The Balaban J connectivity index is 1.37. The number of aryl methyl sites for hydroxylation is 1. The van der Waals surface area contributed by atoms with Gasteiger partial charge in [-0.2, -0.15) is 5.10 Å². The quantitative estimate of drug-likeness (QED) is 0.531. The number of aromatic nitrogens is 2. The van der Waals surface area contributed by atoms with Gasteiger partial charge in [-0.15, -0.1) is 0 Å². The molecule has 0 saturated carbocycles. The van der Waals surface area contributed by atoms with Crippen LogP contribution < -0.4 is 9.47 Å². The number of carbonyl (C=O) groups is 1. The Hall–Kier alpha value is -3.26. The second kappa shape index (κ2) is 9.70. The maximum absolute atomic E-state index is 13.6. The Morgan fingerprint density at radius 1 is 1.24 bits per heavy atom. The summed E-state index contributed by atoms with van der Waals surface area (Å²) >= 11 is 0. The fourth-order valence-corrected chi connectivity index (χ4v) is 4.60. The molecule has 8 nitrogen and oxygen atoms in total. The van der Waals surface area contributed by atoms with Crippen molar-refractivity contribution in [3.8, 4) is 11.5 Å². The molecule has 0 bridgehead atoms. The predicted molar refractivity (Wildman–Crippen MR) is 120 cm³/mol. The van der Waals surface area contributed by atoms with Crippen LogP contribution in [0.3, 0.4) is 0 Å². The van der Waals surface area contributed by atoms with Gasteiger partial charge in [0.2, 0.25) is 0 Å². The van der Waals surface area contributed by atoms with E-state index in [0.717, 1.165) is 61.3 Å². The fraction of sp³-hybridized carbons (Fsp3) is 0.440. The summed E-state index contributed by atoms with van der Waals surface area (Å²) in [5, 5.41) is 7.43. The van der Waals surface area contributed by atoms with Crippen LogP contribution in [-0.2, 0) is 30.7 Å². The summed E-state index contributed by atoms with van der Waals surface area (Å²) in [5.41, 5.74) is 3.65. The molecule has 2 aliphatic rings. The third kappa shape index (κ3) is 4.75. The highest BCUT2D eigenvalue weighted by Crippen LogP contribution is 2.30. The lowest BCUT2D eigenvalue weighted by Gasteiger charge is -2.25. The van der Waals surface area contributed by atoms with Gasteiger partial charge in [-0.1, -0.05) is 6.07 Å². The van der Waals surface area contributed by atoms with E-state index in [1.165, 1.54) is 0 Å². The monoisotopic (exact) mass is 451 g/mol. The fourth-order valence-electron chi connectivity index (χ4n) is 4.60. The molecule has 1 aliphatic carbocycles. The van der Waals surface area contributed by atoms with Crippen molar-refractivity contribution in [3.05, 3.63) is 64.9 Å². The predicted octanol–water partition coefficient (Wildman–Crippen LogP) is 3.90. The van der Waals surface area contributed by atoms with E-state index < -0.39 is 0 Å². The summed E-state index contributed by atoms with van der Waals surface area (Å²) in [7, 11) is 1.61. The van der Waals surface area contributed by atoms with E-state index in [4.69, 9.17) is 18.6 Å². The summed E-state index contributed by atoms with van der Waals surface area (Å²) < 4.78 is 22.6. The van der Waals surface area contributed by atoms with E-state index in [0.29, 0.717) is 36.9 Å². The van der Waals surface area contributed by atoms with E-state index >= 15 is 0 Å². The highest BCUT2D eigenvalue weighted by molar-refractivity contribution is 5.94. The Bertz CT molecular complexity index is 1090. The molecule has 1 atom stereocenters. The van der Waals surface area contributed by atoms with Crippen molar-refractivity contribution in [2.24, 2.45) is 0 Å². The Labute approximate surface area is 192 Å². The molecule has 1 aliphatic heterocycles. The minimum Gasteiger partial charge on any atom is -0.493 e. The number of ether oxygens (including phenoxy) is 3. The Kier molecular flexibility index (Phi) is 6.35. The average molecular weight is 452 g/mol. The van der Waals surface area contributed by atoms with Crippen molar-refractivity contribution in [3.63, 3.8) is 0 Å². The maximum Gasteiger partial charge on any atom is 0.275 e. The zero-order chi connectivity index (χ0) is 22.6. The molecule has 1 N–H and O–H groups in total. The van der Waals surface area contributed by atoms with Crippen LogP contribution in [0, 0.1) is 0 Å². The van der Waals surface area contributed by atoms with E-state index in [-0.39, 0.29) is 12.0 Å². The van der Waals surface area contributed by atoms with Gasteiger partial charge in [0.1, 0.15) is 12.4 Å². The van der Waals surface area contributed by atoms with Crippen LogP contribution in [0.25, 0.3) is 0 Å². The number of H-pyrrole nitrogens is 1. The first-order valence-electron chi connectivity index (χ1n) is 11.5. The van der Waals surface area contributed by atoms with Gasteiger partial charge in [0, 0.05) is 31.0 Å². The molecular weight excluding hydrogens is 422 g/mol. The molecule has 0 radical (unpaired) electrons. The van der Waals surface area contributed by atoms with Gasteiger partial charge in [0.05, 0.1) is 19.5 Å². The number of hydrogen-bond donors (Lipinski definition) is 1. The number of fused-ring (bicyclic) bond motifs is 1. The number of carbonyl (C=O) groups excluding carboxylic acids is 1. The number of amides is 1. The van der Waals surface area contributed by atoms with Crippen molar-refractivity contribution in [2.45, 2.75) is 51.4 Å². The number of benzene rings is 1. The molecule has 1 unspecified atom stereocenters. The minimum absolute atomic E-state index is 0.0499. The number of rotatable bonds is 9. The second-order valence-corrected chi connectivity index (χ2v) is 8.56. The summed E-state index contributed by atoms with van der Waals surface area (Å²) in [6.45, 7) is 2.01. The molecule has 1 fully saturated rings. The van der Waals surface area contributed by atoms with Gasteiger partial charge in [-0.05, 0) is 61.9 Å². The summed E-state index contributed by atoms with van der Waals surface area (Å²) in [4.78, 5) is 15.4. The molecule has 8 heteroatoms. The molecule has 2 aromatic heterocycles. The molecule has 5 rings (SSSR count). The summed E-state index contributed by atoms with van der Waals surface area (Å²) in [6.07, 6.45) is 6.57. The van der Waals surface area contributed by atoms with Crippen molar-refractivity contribution in [1.29, 1.82) is 0 Å². The lowest BCUT2D eigenvalue weighted by Crippen LogP contribution is -2.37. The maximum atomic E-state index is 13.6. The Morgan fingerprint density at radius 3 is 2.97 bits per heavy atom. The van der Waals surface area contributed by atoms with E-state index in [9.17, 15) is 4.79 Å². The average Bonchev–Trinajstić information content (AvgIpc) is 3.62. The zero-order valence-electron chi connectivity index (χ0n) is 18.8. The first-order chi connectivity index (χ1) is 16.2. The third-order valence-corrected chi connectivity index (χ3v) is 6.30. The SMILES string of the molecule is COc1ccc(CN(CC2CCCO2)C(=O)c2n[nH]c3c2CCC3)cc1OCc1ccco1. The van der Waals surface area contributed by atoms with E-state index in [2.05, 4.69) is 10.2 Å². The van der Waals surface area contributed by atoms with E-state index in [1.807, 2.05) is 35.2 Å². The molecule has 174 valence electrons. The van der Waals surface area contributed by atoms with Crippen LogP contribution in [0.1, 0.15) is 52.3 Å². The zero-order valence-corrected chi connectivity index (χ0v) is 18.8. The molecule has 3 heterocycles. The van der Waals surface area contributed by atoms with Crippen LogP contribution in [0.2, 0.25) is 0 Å². The molecule has 3 aromatic rings. The molecule has 1 saturated heterocycles. The third-order valence-electron chi connectivity index (χ3n) is 6.30. The van der Waals surface area contributed by atoms with Crippen LogP contribution >= 0.6 is 0 Å². The molecule has 33 heavy (non-hydrogen) atoms. The first-order valence-corrected chi connectivity index (χ1v) is 11.5. The molecule has 1 aromatic carbocycles. The number of hydrogen-bond acceptors (Lipinski definition) is 6. The van der Waals surface area contributed by atoms with Gasteiger partial charge in [0.25, 0.3) is 5.91 Å². The molecule has 1 amide bonds. The minimum atomic E-state index is -0.0567. The molecular formula is C25H29N3O5. The first kappa shape index (κ1) is 21.6.